The summed E-state index contributed by atoms with van der Waals surface area (Å²) in [5.41, 5.74) is 0. The molecule has 0 bridgehead atoms. The fourth-order valence-electron chi connectivity index (χ4n) is 1.17. The highest BCUT2D eigenvalue weighted by Gasteiger charge is 2.30. The second-order valence-electron chi connectivity index (χ2n) is 3.64. The van der Waals surface area contributed by atoms with Crippen LogP contribution in [0.5, 0.6) is 0 Å². The molecule has 0 aromatic heterocycles. The van der Waals surface area contributed by atoms with Crippen molar-refractivity contribution in [2.75, 3.05) is 5.75 Å². The lowest BCUT2D eigenvalue weighted by atomic mass is 10.2. The van der Waals surface area contributed by atoms with Crippen molar-refractivity contribution in [2.24, 2.45) is 5.92 Å². The highest BCUT2D eigenvalue weighted by molar-refractivity contribution is 7.89. The van der Waals surface area contributed by atoms with E-state index in [1.165, 1.54) is 0 Å². The second kappa shape index (κ2) is 4.27. The van der Waals surface area contributed by atoms with Gasteiger partial charge in [-0.3, -0.25) is 4.79 Å². The van der Waals surface area contributed by atoms with Crippen LogP contribution in [0.15, 0.2) is 0 Å². The number of nitrogens with one attached hydrogen (secondary N) is 1. The molecule has 1 saturated carbocycles. The van der Waals surface area contributed by atoms with Gasteiger partial charge in [0, 0.05) is 0 Å². The first kappa shape index (κ1) is 11.5. The first-order valence-electron chi connectivity index (χ1n) is 4.67. The van der Waals surface area contributed by atoms with Crippen LogP contribution >= 0.6 is 0 Å². The standard InChI is InChI=1S/C8H15NO4S/c1-2-7(8(10)11)9-14(12,13)5-6-3-4-6/h6-7,9H,2-5H2,1H3,(H,10,11). The third kappa shape index (κ3) is 3.63. The topological polar surface area (TPSA) is 83.5 Å². The minimum Gasteiger partial charge on any atom is -0.480 e. The molecule has 0 radical (unpaired) electrons. The fraction of sp³-hybridized carbons (Fsp3) is 0.875. The van der Waals surface area contributed by atoms with Crippen LogP contribution in [0, 0.1) is 5.92 Å². The Morgan fingerprint density at radius 1 is 1.57 bits per heavy atom. The summed E-state index contributed by atoms with van der Waals surface area (Å²) in [6.07, 6.45) is 2.13. The molecule has 0 amide bonds. The van der Waals surface area contributed by atoms with E-state index in [0.29, 0.717) is 0 Å². The zero-order valence-electron chi connectivity index (χ0n) is 8.06. The maximum Gasteiger partial charge on any atom is 0.321 e. The van der Waals surface area contributed by atoms with E-state index < -0.39 is 22.0 Å². The van der Waals surface area contributed by atoms with Gasteiger partial charge in [-0.2, -0.15) is 0 Å². The van der Waals surface area contributed by atoms with Gasteiger partial charge in [0.25, 0.3) is 0 Å². The Balaban J connectivity index is 2.50. The summed E-state index contributed by atoms with van der Waals surface area (Å²) in [4.78, 5) is 10.6. The van der Waals surface area contributed by atoms with Crippen LogP contribution in [0.1, 0.15) is 26.2 Å². The Morgan fingerprint density at radius 3 is 2.50 bits per heavy atom. The van der Waals surface area contributed by atoms with Crippen molar-refractivity contribution >= 4 is 16.0 Å². The van der Waals surface area contributed by atoms with Gasteiger partial charge >= 0.3 is 5.97 Å². The molecule has 1 aliphatic carbocycles. The van der Waals surface area contributed by atoms with Gasteiger partial charge in [0.1, 0.15) is 6.04 Å². The summed E-state index contributed by atoms with van der Waals surface area (Å²) < 4.78 is 24.9. The van der Waals surface area contributed by atoms with Gasteiger partial charge in [-0.1, -0.05) is 6.92 Å². The smallest absolute Gasteiger partial charge is 0.321 e. The minimum atomic E-state index is -3.41. The number of sulfonamides is 1. The van der Waals surface area contributed by atoms with E-state index in [1.807, 2.05) is 0 Å². The number of carboxylic acid groups (broad SMARTS) is 1. The van der Waals surface area contributed by atoms with Crippen LogP contribution in [0.2, 0.25) is 0 Å². The van der Waals surface area contributed by atoms with Crippen molar-refractivity contribution in [1.82, 2.24) is 4.72 Å². The molecule has 6 heteroatoms. The Labute approximate surface area is 83.6 Å². The van der Waals surface area contributed by atoms with E-state index in [9.17, 15) is 13.2 Å². The van der Waals surface area contributed by atoms with Crippen LogP contribution in [0.3, 0.4) is 0 Å². The molecule has 1 unspecified atom stereocenters. The van der Waals surface area contributed by atoms with Crippen molar-refractivity contribution < 1.29 is 18.3 Å². The molecule has 82 valence electrons. The van der Waals surface area contributed by atoms with Gasteiger partial charge in [-0.15, -0.1) is 0 Å². The van der Waals surface area contributed by atoms with E-state index in [2.05, 4.69) is 4.72 Å². The van der Waals surface area contributed by atoms with Crippen molar-refractivity contribution in [3.63, 3.8) is 0 Å². The third-order valence-corrected chi connectivity index (χ3v) is 3.73. The molecule has 0 aromatic rings. The predicted molar refractivity (Wildman–Crippen MR) is 51.4 cm³/mol. The molecule has 5 nitrogen and oxygen atoms in total. The maximum absolute atomic E-state index is 11.4. The van der Waals surface area contributed by atoms with Gasteiger partial charge in [-0.25, -0.2) is 13.1 Å². The van der Waals surface area contributed by atoms with Gasteiger partial charge in [-0.05, 0) is 25.2 Å². The molecule has 14 heavy (non-hydrogen) atoms. The number of rotatable bonds is 6. The average molecular weight is 221 g/mol. The first-order valence-corrected chi connectivity index (χ1v) is 6.32. The minimum absolute atomic E-state index is 0.0663. The van der Waals surface area contributed by atoms with Crippen LogP contribution in [0.4, 0.5) is 0 Å². The Hall–Kier alpha value is -0.620. The zero-order valence-corrected chi connectivity index (χ0v) is 8.88. The van der Waals surface area contributed by atoms with Gasteiger partial charge < -0.3 is 5.11 Å². The molecular formula is C8H15NO4S. The number of hydrogen-bond acceptors (Lipinski definition) is 3. The van der Waals surface area contributed by atoms with Gasteiger partial charge in [0.15, 0.2) is 0 Å². The summed E-state index contributed by atoms with van der Waals surface area (Å²) in [5.74, 6) is -0.817. The van der Waals surface area contributed by atoms with Crippen molar-refractivity contribution in [3.8, 4) is 0 Å². The normalized spacial score (nSPS) is 19.2. The van der Waals surface area contributed by atoms with E-state index in [0.717, 1.165) is 12.8 Å². The van der Waals surface area contributed by atoms with Crippen LogP contribution in [-0.4, -0.2) is 31.3 Å². The lowest BCUT2D eigenvalue weighted by molar-refractivity contribution is -0.139. The molecule has 1 aliphatic rings. The van der Waals surface area contributed by atoms with E-state index >= 15 is 0 Å². The molecule has 1 fully saturated rings. The summed E-state index contributed by atoms with van der Waals surface area (Å²) in [5, 5.41) is 8.66. The number of carbonyl (C=O) groups is 1. The first-order chi connectivity index (χ1) is 6.44. The molecule has 0 aromatic carbocycles. The highest BCUT2D eigenvalue weighted by atomic mass is 32.2. The van der Waals surface area contributed by atoms with E-state index in [4.69, 9.17) is 5.11 Å². The third-order valence-electron chi connectivity index (χ3n) is 2.18. The molecule has 1 rings (SSSR count). The van der Waals surface area contributed by atoms with E-state index in [-0.39, 0.29) is 18.1 Å². The SMILES string of the molecule is CCC(NS(=O)(=O)CC1CC1)C(=O)O. The summed E-state index contributed by atoms with van der Waals surface area (Å²) >= 11 is 0. The Morgan fingerprint density at radius 2 is 2.14 bits per heavy atom. The molecule has 2 N–H and O–H groups in total. The van der Waals surface area contributed by atoms with Crippen molar-refractivity contribution in [2.45, 2.75) is 32.2 Å². The molecular weight excluding hydrogens is 206 g/mol. The number of hydrogen-bond donors (Lipinski definition) is 2. The molecule has 0 spiro atoms. The van der Waals surface area contributed by atoms with Gasteiger partial charge in [0.05, 0.1) is 5.75 Å². The zero-order chi connectivity index (χ0) is 10.8. The maximum atomic E-state index is 11.4. The average Bonchev–Trinajstić information content (AvgIpc) is 2.82. The quantitative estimate of drug-likeness (QED) is 0.670. The van der Waals surface area contributed by atoms with E-state index in [1.54, 1.807) is 6.92 Å². The Bertz CT molecular complexity index is 307. The predicted octanol–water partition coefficient (Wildman–Crippen LogP) is 0.179. The number of carboxylic acids is 1. The summed E-state index contributed by atoms with van der Waals surface area (Å²) in [6, 6.07) is -0.987. The summed E-state index contributed by atoms with van der Waals surface area (Å²) in [7, 11) is -3.41. The Kier molecular flexibility index (Phi) is 3.49. The lowest BCUT2D eigenvalue weighted by Crippen LogP contribution is -2.41. The fourth-order valence-corrected chi connectivity index (χ4v) is 2.92. The highest BCUT2D eigenvalue weighted by Crippen LogP contribution is 2.30. The van der Waals surface area contributed by atoms with Crippen molar-refractivity contribution in [3.05, 3.63) is 0 Å². The molecule has 0 aliphatic heterocycles. The van der Waals surface area contributed by atoms with Gasteiger partial charge in [0.2, 0.25) is 10.0 Å². The lowest BCUT2D eigenvalue weighted by Gasteiger charge is -2.12. The van der Waals surface area contributed by atoms with Crippen LogP contribution in [0.25, 0.3) is 0 Å². The van der Waals surface area contributed by atoms with Crippen molar-refractivity contribution in [1.29, 1.82) is 0 Å². The van der Waals surface area contributed by atoms with Crippen LogP contribution < -0.4 is 4.72 Å². The monoisotopic (exact) mass is 221 g/mol. The van der Waals surface area contributed by atoms with Crippen LogP contribution in [-0.2, 0) is 14.8 Å². The largest absolute Gasteiger partial charge is 0.480 e. The summed E-state index contributed by atoms with van der Waals surface area (Å²) in [6.45, 7) is 1.64. The number of aliphatic carboxylic acids is 1. The molecule has 0 saturated heterocycles. The molecule has 0 heterocycles. The molecule has 1 atom stereocenters. The second-order valence-corrected chi connectivity index (χ2v) is 5.44.